The Hall–Kier alpha value is -3.80. The number of hydrogen-bond donors (Lipinski definition) is 0. The number of benzene rings is 1. The van der Waals surface area contributed by atoms with Gasteiger partial charge in [0.25, 0.3) is 5.56 Å². The van der Waals surface area contributed by atoms with Crippen LogP contribution >= 0.6 is 0 Å². The van der Waals surface area contributed by atoms with Crippen molar-refractivity contribution in [2.75, 3.05) is 0 Å². The highest BCUT2D eigenvalue weighted by atomic mass is 16.3. The molecule has 0 aliphatic heterocycles. The molecule has 6 nitrogen and oxygen atoms in total. The van der Waals surface area contributed by atoms with Gasteiger partial charge in [0.2, 0.25) is 0 Å². The molecule has 162 valence electrons. The molecule has 4 aromatic rings. The van der Waals surface area contributed by atoms with E-state index in [-0.39, 0.29) is 5.56 Å². The summed E-state index contributed by atoms with van der Waals surface area (Å²) in [7, 11) is 0. The Morgan fingerprint density at radius 3 is 2.62 bits per heavy atom. The zero-order chi connectivity index (χ0) is 22.8. The van der Waals surface area contributed by atoms with Gasteiger partial charge in [0.1, 0.15) is 11.2 Å². The van der Waals surface area contributed by atoms with E-state index < -0.39 is 0 Å². The smallest absolute Gasteiger partial charge is 0.298 e. The van der Waals surface area contributed by atoms with Gasteiger partial charge in [-0.25, -0.2) is 4.98 Å². The molecule has 4 rings (SSSR count). The number of pyridine rings is 1. The Bertz CT molecular complexity index is 1410. The zero-order valence-corrected chi connectivity index (χ0v) is 19.0. The highest BCUT2D eigenvalue weighted by Gasteiger charge is 2.18. The minimum absolute atomic E-state index is 0.229. The van der Waals surface area contributed by atoms with Gasteiger partial charge in [0.05, 0.1) is 11.9 Å². The molecule has 0 radical (unpaired) electrons. The molecule has 32 heavy (non-hydrogen) atoms. The van der Waals surface area contributed by atoms with Gasteiger partial charge < -0.3 is 4.42 Å². The van der Waals surface area contributed by atoms with Crippen molar-refractivity contribution in [3.63, 3.8) is 0 Å². The van der Waals surface area contributed by atoms with E-state index in [0.29, 0.717) is 22.4 Å². The van der Waals surface area contributed by atoms with Crippen molar-refractivity contribution < 1.29 is 4.42 Å². The largest absolute Gasteiger partial charge is 0.444 e. The minimum Gasteiger partial charge on any atom is -0.444 e. The predicted molar refractivity (Wildman–Crippen MR) is 128 cm³/mol. The van der Waals surface area contributed by atoms with E-state index in [1.807, 2.05) is 52.0 Å². The van der Waals surface area contributed by atoms with Gasteiger partial charge in [0.15, 0.2) is 12.2 Å². The van der Waals surface area contributed by atoms with E-state index >= 15 is 0 Å². The molecule has 0 N–H and O–H groups in total. The van der Waals surface area contributed by atoms with Crippen molar-refractivity contribution >= 4 is 16.6 Å². The molecule has 0 aliphatic rings. The summed E-state index contributed by atoms with van der Waals surface area (Å²) in [5.74, 6) is 0.678. The van der Waals surface area contributed by atoms with Crippen LogP contribution in [0.4, 0.5) is 0 Å². The third-order valence-electron chi connectivity index (χ3n) is 5.29. The van der Waals surface area contributed by atoms with E-state index in [1.165, 1.54) is 11.1 Å². The summed E-state index contributed by atoms with van der Waals surface area (Å²) in [6.45, 7) is 10.1. The summed E-state index contributed by atoms with van der Waals surface area (Å²) in [6, 6.07) is 9.82. The highest BCUT2D eigenvalue weighted by molar-refractivity contribution is 5.93. The van der Waals surface area contributed by atoms with Gasteiger partial charge in [-0.05, 0) is 75.6 Å². The summed E-state index contributed by atoms with van der Waals surface area (Å²) < 4.78 is 7.01. The van der Waals surface area contributed by atoms with Crippen LogP contribution in [0.1, 0.15) is 39.7 Å². The molecule has 0 aliphatic carbocycles. The zero-order valence-electron chi connectivity index (χ0n) is 19.0. The highest BCUT2D eigenvalue weighted by Crippen LogP contribution is 2.31. The molecule has 3 heterocycles. The lowest BCUT2D eigenvalue weighted by atomic mass is 10.0. The first kappa shape index (κ1) is 21.4. The Kier molecular flexibility index (Phi) is 5.86. The number of hydrogen-bond acceptors (Lipinski definition) is 5. The summed E-state index contributed by atoms with van der Waals surface area (Å²) in [6.07, 6.45) is 7.72. The number of rotatable bonds is 5. The molecule has 0 amide bonds. The number of aryl methyl sites for hydroxylation is 1. The molecular weight excluding hydrogens is 400 g/mol. The van der Waals surface area contributed by atoms with Crippen molar-refractivity contribution in [3.8, 4) is 22.6 Å². The fourth-order valence-corrected chi connectivity index (χ4v) is 4.03. The summed E-state index contributed by atoms with van der Waals surface area (Å²) >= 11 is 0. The minimum atomic E-state index is -0.229. The number of oxazole rings is 1. The van der Waals surface area contributed by atoms with Gasteiger partial charge in [-0.2, -0.15) is 9.78 Å². The maximum atomic E-state index is 13.4. The van der Waals surface area contributed by atoms with Gasteiger partial charge in [-0.1, -0.05) is 18.6 Å². The number of fused-ring (bicyclic) bond motifs is 1. The van der Waals surface area contributed by atoms with Crippen LogP contribution < -0.4 is 5.56 Å². The molecule has 6 heteroatoms. The Morgan fingerprint density at radius 2 is 1.94 bits per heavy atom. The standard InChI is InChI=1S/C26H26N4O2/c1-6-8-18(5)25(16(2)3)30-26(31)24-21(9-7-10-28-24)23(29-30)20-12-17(4)11-19(13-20)22-14-27-15-32-22/h7-15H,6H2,1-5H3/b18-8-. The van der Waals surface area contributed by atoms with Crippen molar-refractivity contribution in [1.29, 1.82) is 0 Å². The van der Waals surface area contributed by atoms with E-state index in [4.69, 9.17) is 9.52 Å². The molecule has 0 spiro atoms. The van der Waals surface area contributed by atoms with Crippen LogP contribution in [0.25, 0.3) is 39.2 Å². The molecule has 3 aromatic heterocycles. The first-order valence-electron chi connectivity index (χ1n) is 10.6. The van der Waals surface area contributed by atoms with Crippen molar-refractivity contribution in [2.45, 2.75) is 41.0 Å². The topological polar surface area (TPSA) is 73.8 Å². The Morgan fingerprint density at radius 1 is 1.16 bits per heavy atom. The fraction of sp³-hybridized carbons (Fsp3) is 0.231. The van der Waals surface area contributed by atoms with Gasteiger partial charge in [0, 0.05) is 22.7 Å². The number of nitrogens with zero attached hydrogens (tertiary/aromatic N) is 4. The lowest BCUT2D eigenvalue weighted by Crippen LogP contribution is -2.25. The van der Waals surface area contributed by atoms with Crippen LogP contribution in [0.3, 0.4) is 0 Å². The summed E-state index contributed by atoms with van der Waals surface area (Å²) in [4.78, 5) is 21.9. The first-order valence-corrected chi connectivity index (χ1v) is 10.6. The average molecular weight is 427 g/mol. The molecular formula is C26H26N4O2. The first-order chi connectivity index (χ1) is 15.4. The molecule has 1 aromatic carbocycles. The molecule has 0 atom stereocenters. The second kappa shape index (κ2) is 8.75. The van der Waals surface area contributed by atoms with Crippen LogP contribution in [0.15, 0.2) is 75.6 Å². The lowest BCUT2D eigenvalue weighted by molar-refractivity contribution is 0.572. The maximum Gasteiger partial charge on any atom is 0.298 e. The molecule has 0 saturated heterocycles. The second-order valence-electron chi connectivity index (χ2n) is 8.06. The predicted octanol–water partition coefficient (Wildman–Crippen LogP) is 6.03. The van der Waals surface area contributed by atoms with Crippen molar-refractivity contribution in [3.05, 3.63) is 82.3 Å². The fourth-order valence-electron chi connectivity index (χ4n) is 4.03. The van der Waals surface area contributed by atoms with Gasteiger partial charge in [-0.15, -0.1) is 0 Å². The van der Waals surface area contributed by atoms with Crippen molar-refractivity contribution in [1.82, 2.24) is 19.7 Å². The number of aromatic nitrogens is 4. The van der Waals surface area contributed by atoms with E-state index in [1.54, 1.807) is 12.4 Å². The second-order valence-corrected chi connectivity index (χ2v) is 8.06. The summed E-state index contributed by atoms with van der Waals surface area (Å²) in [5, 5.41) is 5.59. The maximum absolute atomic E-state index is 13.4. The number of allylic oxidation sites excluding steroid dienone is 4. The van der Waals surface area contributed by atoms with Gasteiger partial charge in [-0.3, -0.25) is 9.78 Å². The van der Waals surface area contributed by atoms with E-state index in [2.05, 4.69) is 29.0 Å². The van der Waals surface area contributed by atoms with Crippen LogP contribution in [-0.4, -0.2) is 19.7 Å². The molecule has 0 fully saturated rings. The van der Waals surface area contributed by atoms with E-state index in [0.717, 1.165) is 40.0 Å². The normalized spacial score (nSPS) is 11.7. The lowest BCUT2D eigenvalue weighted by Gasteiger charge is -2.16. The van der Waals surface area contributed by atoms with Gasteiger partial charge >= 0.3 is 0 Å². The summed E-state index contributed by atoms with van der Waals surface area (Å²) in [5.41, 5.74) is 6.51. The average Bonchev–Trinajstić information content (AvgIpc) is 3.30. The Labute approximate surface area is 187 Å². The van der Waals surface area contributed by atoms with Crippen LogP contribution in [0.5, 0.6) is 0 Å². The SMILES string of the molecule is CC/C=C(/C)C(=C(C)C)n1nc(-c2cc(C)cc(-c3cnco3)c2)c2cccnc2c1=O. The van der Waals surface area contributed by atoms with Crippen molar-refractivity contribution in [2.24, 2.45) is 0 Å². The third-order valence-corrected chi connectivity index (χ3v) is 5.29. The molecule has 0 bridgehead atoms. The monoisotopic (exact) mass is 426 g/mol. The van der Waals surface area contributed by atoms with Crippen LogP contribution in [0, 0.1) is 6.92 Å². The Balaban J connectivity index is 2.06. The third kappa shape index (κ3) is 3.91. The molecule has 0 saturated carbocycles. The molecule has 0 unspecified atom stereocenters. The van der Waals surface area contributed by atoms with Crippen LogP contribution in [0.2, 0.25) is 0 Å². The van der Waals surface area contributed by atoms with E-state index in [9.17, 15) is 4.79 Å². The quantitative estimate of drug-likeness (QED) is 0.364. The van der Waals surface area contributed by atoms with Crippen LogP contribution in [-0.2, 0) is 0 Å².